The number of esters is 1. The van der Waals surface area contributed by atoms with Gasteiger partial charge in [0.1, 0.15) is 11.4 Å². The van der Waals surface area contributed by atoms with E-state index in [-0.39, 0.29) is 12.2 Å². The summed E-state index contributed by atoms with van der Waals surface area (Å²) in [6.07, 6.45) is 1.47. The van der Waals surface area contributed by atoms with Crippen LogP contribution in [0.4, 0.5) is 0 Å². The first-order valence-electron chi connectivity index (χ1n) is 7.72. The zero-order chi connectivity index (χ0) is 18.9. The van der Waals surface area contributed by atoms with Gasteiger partial charge < -0.3 is 24.3 Å². The summed E-state index contributed by atoms with van der Waals surface area (Å²) in [4.78, 5) is 27.5. The second kappa shape index (κ2) is 9.26. The molecule has 0 radical (unpaired) electrons. The van der Waals surface area contributed by atoms with Gasteiger partial charge in [0.05, 0.1) is 21.3 Å². The number of nitrogens with one attached hydrogen (secondary N) is 1. The molecule has 0 atom stereocenters. The molecule has 138 valence electrons. The van der Waals surface area contributed by atoms with E-state index >= 15 is 0 Å². The first-order valence-corrected chi connectivity index (χ1v) is 7.72. The molecule has 1 N–H and O–H groups in total. The third-order valence-corrected chi connectivity index (χ3v) is 3.47. The van der Waals surface area contributed by atoms with Crippen LogP contribution in [0.2, 0.25) is 0 Å². The molecule has 0 aliphatic rings. The molecular formula is C18H20N2O6. The topological polar surface area (TPSA) is 96.0 Å². The number of hydrogen-bond acceptors (Lipinski definition) is 7. The Bertz CT molecular complexity index is 764. The Morgan fingerprint density at radius 3 is 2.31 bits per heavy atom. The van der Waals surface area contributed by atoms with E-state index in [9.17, 15) is 9.59 Å². The van der Waals surface area contributed by atoms with Crippen molar-refractivity contribution in [1.29, 1.82) is 0 Å². The predicted molar refractivity (Wildman–Crippen MR) is 92.5 cm³/mol. The van der Waals surface area contributed by atoms with Crippen LogP contribution in [0.3, 0.4) is 0 Å². The Morgan fingerprint density at radius 1 is 1.00 bits per heavy atom. The lowest BCUT2D eigenvalue weighted by molar-refractivity contribution is -0.124. The molecule has 1 aromatic carbocycles. The second-order valence-electron chi connectivity index (χ2n) is 5.09. The fourth-order valence-electron chi connectivity index (χ4n) is 2.16. The van der Waals surface area contributed by atoms with E-state index in [1.807, 2.05) is 0 Å². The monoisotopic (exact) mass is 360 g/mol. The minimum atomic E-state index is -0.663. The number of hydrogen-bond donors (Lipinski definition) is 1. The Hall–Kier alpha value is -3.29. The Labute approximate surface area is 151 Å². The van der Waals surface area contributed by atoms with Crippen molar-refractivity contribution in [2.24, 2.45) is 0 Å². The summed E-state index contributed by atoms with van der Waals surface area (Å²) in [6, 6.07) is 8.22. The molecule has 0 spiro atoms. The van der Waals surface area contributed by atoms with Gasteiger partial charge in [0.2, 0.25) is 0 Å². The van der Waals surface area contributed by atoms with Crippen LogP contribution in [0.5, 0.6) is 17.2 Å². The minimum Gasteiger partial charge on any atom is -0.496 e. The molecule has 0 unspecified atom stereocenters. The zero-order valence-corrected chi connectivity index (χ0v) is 14.8. The molecule has 0 saturated carbocycles. The number of methoxy groups -OCH3 is 3. The number of aromatic nitrogens is 1. The van der Waals surface area contributed by atoms with Crippen LogP contribution in [0.25, 0.3) is 0 Å². The van der Waals surface area contributed by atoms with Crippen LogP contribution in [-0.2, 0) is 16.1 Å². The molecule has 8 nitrogen and oxygen atoms in total. The molecule has 26 heavy (non-hydrogen) atoms. The maximum absolute atomic E-state index is 11.9. The van der Waals surface area contributed by atoms with Crippen LogP contribution >= 0.6 is 0 Å². The molecule has 2 aromatic rings. The van der Waals surface area contributed by atoms with Gasteiger partial charge in [-0.3, -0.25) is 4.79 Å². The average Bonchev–Trinajstić information content (AvgIpc) is 2.70. The van der Waals surface area contributed by atoms with Crippen LogP contribution in [0, 0.1) is 0 Å². The summed E-state index contributed by atoms with van der Waals surface area (Å²) in [7, 11) is 4.56. The van der Waals surface area contributed by atoms with Crippen LogP contribution < -0.4 is 19.5 Å². The van der Waals surface area contributed by atoms with Gasteiger partial charge in [-0.05, 0) is 18.2 Å². The van der Waals surface area contributed by atoms with Crippen molar-refractivity contribution in [2.45, 2.75) is 6.54 Å². The third kappa shape index (κ3) is 4.85. The molecule has 0 fully saturated rings. The fraction of sp³-hybridized carbons (Fsp3) is 0.278. The highest BCUT2D eigenvalue weighted by molar-refractivity contribution is 5.89. The second-order valence-corrected chi connectivity index (χ2v) is 5.09. The fourth-order valence-corrected chi connectivity index (χ4v) is 2.16. The summed E-state index contributed by atoms with van der Waals surface area (Å²) in [6.45, 7) is -0.242. The van der Waals surface area contributed by atoms with Crippen LogP contribution in [0.1, 0.15) is 16.1 Å². The summed E-state index contributed by atoms with van der Waals surface area (Å²) >= 11 is 0. The van der Waals surface area contributed by atoms with E-state index in [0.717, 1.165) is 0 Å². The lowest BCUT2D eigenvalue weighted by Gasteiger charge is -2.14. The minimum absolute atomic E-state index is 0.141. The molecule has 0 bridgehead atoms. The molecule has 1 aromatic heterocycles. The Kier molecular flexibility index (Phi) is 6.78. The van der Waals surface area contributed by atoms with Crippen molar-refractivity contribution in [3.63, 3.8) is 0 Å². The van der Waals surface area contributed by atoms with Gasteiger partial charge in [-0.15, -0.1) is 0 Å². The van der Waals surface area contributed by atoms with Crippen LogP contribution in [0.15, 0.2) is 36.5 Å². The first kappa shape index (κ1) is 19.0. The van der Waals surface area contributed by atoms with Gasteiger partial charge in [-0.25, -0.2) is 9.78 Å². The highest BCUT2D eigenvalue weighted by atomic mass is 16.5. The van der Waals surface area contributed by atoms with E-state index < -0.39 is 18.5 Å². The lowest BCUT2D eigenvalue weighted by Crippen LogP contribution is -2.28. The number of amides is 1. The number of carbonyl (C=O) groups is 2. The average molecular weight is 360 g/mol. The standard InChI is InChI=1S/C18H20N2O6/c1-23-14-9-16(25-3)15(24-2)8-12(14)10-20-17(21)11-26-18(22)13-6-4-5-7-19-13/h4-9H,10-11H2,1-3H3,(H,20,21). The SMILES string of the molecule is COc1cc(OC)c(OC)cc1CNC(=O)COC(=O)c1ccccn1. The third-order valence-electron chi connectivity index (χ3n) is 3.47. The van der Waals surface area contributed by atoms with Gasteiger partial charge in [-0.1, -0.05) is 6.07 Å². The van der Waals surface area contributed by atoms with E-state index in [0.29, 0.717) is 22.8 Å². The summed E-state index contributed by atoms with van der Waals surface area (Å²) in [5.41, 5.74) is 0.830. The normalized spacial score (nSPS) is 9.96. The van der Waals surface area contributed by atoms with Gasteiger partial charge in [0.15, 0.2) is 18.1 Å². The summed E-state index contributed by atoms with van der Waals surface area (Å²) in [5, 5.41) is 2.66. The quantitative estimate of drug-likeness (QED) is 0.714. The highest BCUT2D eigenvalue weighted by Crippen LogP contribution is 2.34. The summed E-state index contributed by atoms with van der Waals surface area (Å²) < 4.78 is 20.7. The van der Waals surface area contributed by atoms with Gasteiger partial charge in [0, 0.05) is 24.4 Å². The van der Waals surface area contributed by atoms with Gasteiger partial charge >= 0.3 is 5.97 Å². The molecule has 8 heteroatoms. The summed E-state index contributed by atoms with van der Waals surface area (Å²) in [5.74, 6) is 0.451. The number of carbonyl (C=O) groups excluding carboxylic acids is 2. The Morgan fingerprint density at radius 2 is 1.69 bits per heavy atom. The molecule has 0 aliphatic carbocycles. The number of nitrogens with zero attached hydrogens (tertiary/aromatic N) is 1. The lowest BCUT2D eigenvalue weighted by atomic mass is 10.1. The van der Waals surface area contributed by atoms with E-state index in [2.05, 4.69) is 10.3 Å². The zero-order valence-electron chi connectivity index (χ0n) is 14.8. The number of ether oxygens (including phenoxy) is 4. The molecule has 1 amide bonds. The number of benzene rings is 1. The molecule has 0 aliphatic heterocycles. The van der Waals surface area contributed by atoms with Crippen LogP contribution in [-0.4, -0.2) is 44.8 Å². The maximum Gasteiger partial charge on any atom is 0.357 e. The van der Waals surface area contributed by atoms with E-state index in [4.69, 9.17) is 18.9 Å². The molecule has 0 saturated heterocycles. The number of rotatable bonds is 8. The smallest absolute Gasteiger partial charge is 0.357 e. The van der Waals surface area contributed by atoms with Crippen molar-refractivity contribution >= 4 is 11.9 Å². The maximum atomic E-state index is 11.9. The highest BCUT2D eigenvalue weighted by Gasteiger charge is 2.14. The largest absolute Gasteiger partial charge is 0.496 e. The van der Waals surface area contributed by atoms with Gasteiger partial charge in [0.25, 0.3) is 5.91 Å². The predicted octanol–water partition coefficient (Wildman–Crippen LogP) is 1.58. The Balaban J connectivity index is 1.93. The molecule has 1 heterocycles. The van der Waals surface area contributed by atoms with E-state index in [1.165, 1.54) is 33.6 Å². The van der Waals surface area contributed by atoms with Crippen molar-refractivity contribution in [2.75, 3.05) is 27.9 Å². The van der Waals surface area contributed by atoms with Crippen molar-refractivity contribution in [3.8, 4) is 17.2 Å². The van der Waals surface area contributed by atoms with E-state index in [1.54, 1.807) is 24.3 Å². The van der Waals surface area contributed by atoms with Gasteiger partial charge in [-0.2, -0.15) is 0 Å². The first-order chi connectivity index (χ1) is 12.6. The van der Waals surface area contributed by atoms with Crippen molar-refractivity contribution in [1.82, 2.24) is 10.3 Å². The molecular weight excluding hydrogens is 340 g/mol. The van der Waals surface area contributed by atoms with Crippen molar-refractivity contribution < 1.29 is 28.5 Å². The van der Waals surface area contributed by atoms with Crippen molar-refractivity contribution in [3.05, 3.63) is 47.8 Å². The number of pyridine rings is 1. The molecule has 2 rings (SSSR count).